The van der Waals surface area contributed by atoms with Crippen LogP contribution in [0.3, 0.4) is 0 Å². The molecule has 5 N–H and O–H groups in total. The second-order valence-electron chi connectivity index (χ2n) is 27.9. The molecule has 0 aliphatic heterocycles. The smallest absolute Gasteiger partial charge is 0.160 e. The molecule has 10 aromatic carbocycles. The summed E-state index contributed by atoms with van der Waals surface area (Å²) in [6.45, 7) is 7.77. The Bertz CT molecular complexity index is 6200. The van der Waals surface area contributed by atoms with E-state index < -0.39 is 130 Å². The molecule has 680 valence electrons. The van der Waals surface area contributed by atoms with E-state index in [0.717, 1.165) is 33.9 Å². The Balaban J connectivity index is 0.000000302. The first-order chi connectivity index (χ1) is 73.0. The van der Waals surface area contributed by atoms with Gasteiger partial charge in [-0.25, -0.2) is 0 Å². The maximum Gasteiger partial charge on any atom is 0.160 e. The van der Waals surface area contributed by atoms with Crippen molar-refractivity contribution in [1.29, 1.82) is 0 Å². The molecule has 0 aliphatic carbocycles. The highest BCUT2D eigenvalue weighted by molar-refractivity contribution is 5.47. The van der Waals surface area contributed by atoms with Crippen molar-refractivity contribution in [2.24, 2.45) is 0 Å². The third-order valence-electron chi connectivity index (χ3n) is 17.8. The van der Waals surface area contributed by atoms with Crippen molar-refractivity contribution in [3.05, 3.63) is 268 Å². The van der Waals surface area contributed by atoms with Crippen molar-refractivity contribution in [2.45, 2.75) is 193 Å². The van der Waals surface area contributed by atoms with Crippen LogP contribution in [0.4, 0.5) is 0 Å². The minimum atomic E-state index is -2.87. The van der Waals surface area contributed by atoms with Crippen LogP contribution < -0.4 is 71.1 Å². The van der Waals surface area contributed by atoms with Crippen molar-refractivity contribution in [3.63, 3.8) is 0 Å². The van der Waals surface area contributed by atoms with Crippen molar-refractivity contribution >= 4 is 0 Å². The fourth-order valence-electron chi connectivity index (χ4n) is 11.3. The number of rotatable bonds is 50. The van der Waals surface area contributed by atoms with Gasteiger partial charge >= 0.3 is 0 Å². The molecule has 0 saturated heterocycles. The first kappa shape index (κ1) is 62.2. The van der Waals surface area contributed by atoms with E-state index in [1.54, 1.807) is 91.0 Å². The lowest BCUT2D eigenvalue weighted by atomic mass is 10.0. The molecule has 0 spiro atoms. The minimum Gasteiger partial charge on any atom is -0.493 e. The van der Waals surface area contributed by atoms with Crippen LogP contribution in [0.25, 0.3) is 0 Å². The van der Waals surface area contributed by atoms with Gasteiger partial charge in [0, 0.05) is 19.2 Å². The van der Waals surface area contributed by atoms with Gasteiger partial charge in [-0.1, -0.05) is 123 Å². The summed E-state index contributed by atoms with van der Waals surface area (Å²) in [5.74, 6) is 2.83. The zero-order chi connectivity index (χ0) is 120. The molecule has 0 bridgehead atoms. The third kappa shape index (κ3) is 41.1. The minimum absolute atomic E-state index is 0.000601. The lowest BCUT2D eigenvalue weighted by molar-refractivity contribution is 0.0976. The van der Waals surface area contributed by atoms with Crippen LogP contribution in [0.5, 0.6) is 86.2 Å². The van der Waals surface area contributed by atoms with Crippen molar-refractivity contribution in [2.75, 3.05) is 104 Å². The summed E-state index contributed by atoms with van der Waals surface area (Å²) in [4.78, 5) is 0. The third-order valence-corrected chi connectivity index (χ3v) is 17.8. The van der Waals surface area contributed by atoms with Gasteiger partial charge in [-0.2, -0.15) is 0 Å². The van der Waals surface area contributed by atoms with Crippen LogP contribution >= 0.6 is 0 Å². The van der Waals surface area contributed by atoms with E-state index in [2.05, 4.69) is 0 Å². The van der Waals surface area contributed by atoms with E-state index in [9.17, 15) is 25.5 Å². The van der Waals surface area contributed by atoms with Crippen molar-refractivity contribution < 1.29 is 143 Å². The normalized spacial score (nSPS) is 18.4. The Hall–Kier alpha value is -11.0. The van der Waals surface area contributed by atoms with Crippen LogP contribution in [0.15, 0.2) is 212 Å². The molecule has 20 nitrogen and oxygen atoms in total. The summed E-state index contributed by atoms with van der Waals surface area (Å²) in [6.07, 6.45) is -28.0. The van der Waals surface area contributed by atoms with Crippen LogP contribution in [0.2, 0.25) is 0 Å². The van der Waals surface area contributed by atoms with E-state index >= 15 is 0 Å². The van der Waals surface area contributed by atoms with E-state index in [0.29, 0.717) is 56.9 Å². The molecule has 125 heavy (non-hydrogen) atoms. The Labute approximate surface area is 792 Å². The molecule has 0 fully saturated rings. The molecule has 20 heteroatoms. The Morgan fingerprint density at radius 2 is 0.448 bits per heavy atom. The average molecular weight is 1760 g/mol. The number of aliphatic hydroxyl groups is 5. The summed E-state index contributed by atoms with van der Waals surface area (Å²) in [5, 5.41) is 51.5. The maximum absolute atomic E-state index is 10.3. The molecule has 10 aromatic rings. The second-order valence-corrected chi connectivity index (χ2v) is 27.9. The highest BCUT2D eigenvalue weighted by Crippen LogP contribution is 2.34. The van der Waals surface area contributed by atoms with Crippen molar-refractivity contribution in [1.82, 2.24) is 0 Å². The number of methoxy groups -OCH3 is 10. The number of hydrogen-bond donors (Lipinski definition) is 5. The van der Waals surface area contributed by atoms with Crippen LogP contribution in [0, 0.1) is 34.6 Å². The molecule has 10 rings (SSSR count). The lowest BCUT2D eigenvalue weighted by Crippen LogP contribution is -2.17. The van der Waals surface area contributed by atoms with E-state index in [1.165, 1.54) is 108 Å². The fraction of sp³-hybridized carbons (Fsp3) is 0.429. The fourth-order valence-corrected chi connectivity index (χ4v) is 11.3. The molecular formula is C105H140O20. The topological polar surface area (TPSA) is 240 Å². The number of benzene rings is 10. The predicted octanol–water partition coefficient (Wildman–Crippen LogP) is 20.8. The van der Waals surface area contributed by atoms with Gasteiger partial charge in [-0.3, -0.25) is 0 Å². The SMILES string of the molecule is [2H]C(O)(CCC([2H])([2H])C([2H])([2H])c1ccc(OC)c(OC([2H])([2H])[2H])c1)COc1cccc(C)c1.[2H]C(O)(CCC([2H])([2H])C([2H])([2H])c1ccc(OC)c(OC)c1)COc1cccc(C)c1.[2H]C([2H])(CCC([2H])(O)COc1cccc(C)c1)Cc1ccc(OC([2H])([2H])[2H])c(OC([2H])([2H])[2H])c1.[2H]C([2H])(CCC([2H])(O)COc1cccc(C)c1)Cc1ccc(OC([2H])([2H])[2H])c(OC)c1.[2H]C([2H])(CCC([2H])(O)COc1cccc(C)c1)Cc1ccc(OC)c(OC([2H])([2H])[2H])c1. The first-order valence-electron chi connectivity index (χ1n) is 56.9. The molecule has 0 amide bonds. The molecule has 0 heterocycles. The van der Waals surface area contributed by atoms with Gasteiger partial charge in [0.25, 0.3) is 0 Å². The molecule has 0 aliphatic rings. The zero-order valence-corrected chi connectivity index (χ0v) is 72.3. The summed E-state index contributed by atoms with van der Waals surface area (Å²) >= 11 is 0. The molecule has 5 unspecified atom stereocenters. The molecule has 0 saturated carbocycles. The van der Waals surface area contributed by atoms with Gasteiger partial charge in [-0.05, 0) is 308 Å². The Kier molecular flexibility index (Phi) is 29.7. The summed E-state index contributed by atoms with van der Waals surface area (Å²) in [7, 11) is -6.87. The highest BCUT2D eigenvalue weighted by atomic mass is 16.5. The van der Waals surface area contributed by atoms with Crippen molar-refractivity contribution in [3.8, 4) is 86.2 Å². The molecule has 0 aromatic heterocycles. The van der Waals surface area contributed by atoms with Gasteiger partial charge < -0.3 is 96.6 Å². The average Bonchev–Trinajstić information content (AvgIpc) is 0.771. The van der Waals surface area contributed by atoms with Crippen LogP contribution in [0.1, 0.15) is 198 Å². The zero-order valence-electron chi connectivity index (χ0n) is 106. The molecule has 0 radical (unpaired) electrons. The van der Waals surface area contributed by atoms with Crippen LogP contribution in [-0.2, 0) is 32.0 Å². The number of aryl methyl sites for hydroxylation is 10. The molecular weight excluding hydrogens is 1580 g/mol. The van der Waals surface area contributed by atoms with Gasteiger partial charge in [0.15, 0.2) is 57.5 Å². The summed E-state index contributed by atoms with van der Waals surface area (Å²) in [5.41, 5.74) is 6.17. The lowest BCUT2D eigenvalue weighted by Gasteiger charge is -2.13. The Morgan fingerprint density at radius 1 is 0.248 bits per heavy atom. The summed E-state index contributed by atoms with van der Waals surface area (Å²) < 4.78 is 342. The Morgan fingerprint density at radius 3 is 0.672 bits per heavy atom. The van der Waals surface area contributed by atoms with Gasteiger partial charge in [0.2, 0.25) is 0 Å². The second kappa shape index (κ2) is 59.8. The maximum atomic E-state index is 10.3. The first-order valence-corrected chi connectivity index (χ1v) is 39.9. The van der Waals surface area contributed by atoms with E-state index in [4.69, 9.17) is 118 Å². The largest absolute Gasteiger partial charge is 0.493 e. The van der Waals surface area contributed by atoms with Gasteiger partial charge in [0.05, 0.1) is 129 Å². The molecule has 5 atom stereocenters. The summed E-state index contributed by atoms with van der Waals surface area (Å²) in [6, 6.07) is 56.7. The quantitative estimate of drug-likeness (QED) is 0.0238. The van der Waals surface area contributed by atoms with E-state index in [1.807, 2.05) is 77.1 Å². The number of hydrogen-bond acceptors (Lipinski definition) is 20. The number of ether oxygens (including phenoxy) is 15. The van der Waals surface area contributed by atoms with Gasteiger partial charge in [-0.15, -0.1) is 0 Å². The van der Waals surface area contributed by atoms with E-state index in [-0.39, 0.29) is 154 Å². The monoisotopic (exact) mass is 1760 g/mol. The van der Waals surface area contributed by atoms with Gasteiger partial charge in [0.1, 0.15) is 61.8 Å². The predicted molar refractivity (Wildman–Crippen MR) is 499 cm³/mol. The standard InChI is InChI=1S/5C21H28O4/c5*1-16-7-6-10-19(13-16)25-15-18(22)9-5-4-8-17-11-12-20(23-2)21(14-17)24-3/h5*6-7,10-14,18,22H,4-5,8-9,15H2,1-3H3/i3D3,4D2,8D2,18D;2D3,3D3,4D2,18D;4D2,8D2,18D;3D3,4D2,18D;2D3,4D2,18D. The highest BCUT2D eigenvalue weighted by Gasteiger charge is 2.15. The van der Waals surface area contributed by atoms with Crippen LogP contribution in [-0.4, -0.2) is 160 Å².